The maximum absolute atomic E-state index is 0. The molecular weight excluding hydrogens is 464 g/mol. The van der Waals surface area contributed by atoms with Crippen LogP contribution in [-0.4, -0.2) is 71.7 Å². The fourth-order valence-electron chi connectivity index (χ4n) is 0. The van der Waals surface area contributed by atoms with E-state index in [1.165, 1.54) is 0 Å². The summed E-state index contributed by atoms with van der Waals surface area (Å²) in [4.78, 5) is 0. The van der Waals surface area contributed by atoms with Gasteiger partial charge in [-0.25, -0.2) is 0 Å². The second kappa shape index (κ2) is 16.5. The molecule has 29 valence electrons. The van der Waals surface area contributed by atoms with Gasteiger partial charge >= 0.3 is 71.7 Å². The second-order valence-electron chi connectivity index (χ2n) is 0. The molecule has 0 bridgehead atoms. The Morgan fingerprint density at radius 2 is 0.500 bits per heavy atom. The molecule has 0 aromatic carbocycles. The normalized spacial score (nSPS) is 0. The molecule has 0 aromatic heterocycles. The van der Waals surface area contributed by atoms with Gasteiger partial charge in [0.15, 0.2) is 0 Å². The van der Waals surface area contributed by atoms with Gasteiger partial charge in [-0.15, -0.1) is 0 Å². The minimum atomic E-state index is 0. The third-order valence-electron chi connectivity index (χ3n) is 0. The summed E-state index contributed by atoms with van der Waals surface area (Å²) in [5.41, 5.74) is 0. The summed E-state index contributed by atoms with van der Waals surface area (Å²) in [6.07, 6.45) is 0. The van der Waals surface area contributed by atoms with Crippen LogP contribution in [0.1, 0.15) is 0 Å². The van der Waals surface area contributed by atoms with E-state index < -0.39 is 0 Å². The van der Waals surface area contributed by atoms with Crippen LogP contribution in [0.4, 0.5) is 0 Å². The fraction of sp³-hybridized carbons (Fsp3) is 0. The Hall–Kier alpha value is 3.14. The topological polar surface area (TPSA) is 0 Å². The van der Waals surface area contributed by atoms with Crippen LogP contribution in [0.5, 0.6) is 0 Å². The van der Waals surface area contributed by atoms with Crippen molar-refractivity contribution in [1.29, 1.82) is 0 Å². The zero-order valence-corrected chi connectivity index (χ0v) is 16.0. The van der Waals surface area contributed by atoms with Crippen molar-refractivity contribution in [3.05, 3.63) is 0 Å². The quantitative estimate of drug-likeness (QED) is 0.337. The number of hydrogen-bond donors (Lipinski definition) is 0. The van der Waals surface area contributed by atoms with Gasteiger partial charge in [0.25, 0.3) is 0 Å². The van der Waals surface area contributed by atoms with Crippen molar-refractivity contribution < 1.29 is 22.4 Å². The van der Waals surface area contributed by atoms with Crippen LogP contribution in [0.3, 0.4) is 0 Å². The molecule has 0 atom stereocenters. The van der Waals surface area contributed by atoms with E-state index in [1.54, 1.807) is 0 Å². The van der Waals surface area contributed by atoms with Crippen molar-refractivity contribution in [3.63, 3.8) is 0 Å². The molecule has 0 aliphatic heterocycles. The molecule has 0 saturated carbocycles. The van der Waals surface area contributed by atoms with E-state index in [4.69, 9.17) is 0 Å². The molecule has 0 aromatic rings. The number of hydrogen-bond acceptors (Lipinski definition) is 0. The Kier molecular flexibility index (Phi) is 112. The van der Waals surface area contributed by atoms with E-state index in [9.17, 15) is 0 Å². The van der Waals surface area contributed by atoms with E-state index in [-0.39, 0.29) is 94.1 Å². The first-order valence-corrected chi connectivity index (χ1v) is 0. The van der Waals surface area contributed by atoms with Gasteiger partial charge in [-0.05, 0) is 0 Å². The van der Waals surface area contributed by atoms with E-state index in [0.29, 0.717) is 0 Å². The van der Waals surface area contributed by atoms with Crippen LogP contribution in [0.2, 0.25) is 0 Å². The molecular formula is H6AgSn3. The van der Waals surface area contributed by atoms with Gasteiger partial charge in [-0.1, -0.05) is 0 Å². The first-order valence-electron chi connectivity index (χ1n) is 0. The molecule has 0 unspecified atom stereocenters. The van der Waals surface area contributed by atoms with E-state index in [1.807, 2.05) is 0 Å². The van der Waals surface area contributed by atoms with Crippen LogP contribution in [-0.2, 0) is 22.4 Å². The third kappa shape index (κ3) is 8.93. The molecule has 0 nitrogen and oxygen atoms in total. The monoisotopic (exact) mass is 473 g/mol. The predicted octanol–water partition coefficient (Wildman–Crippen LogP) is -2.75. The molecule has 0 fully saturated rings. The van der Waals surface area contributed by atoms with Gasteiger partial charge in [0.2, 0.25) is 0 Å². The van der Waals surface area contributed by atoms with Gasteiger partial charge in [-0.3, -0.25) is 0 Å². The third-order valence-corrected chi connectivity index (χ3v) is 0. The molecule has 4 heavy (non-hydrogen) atoms. The molecule has 0 N–H and O–H groups in total. The Morgan fingerprint density at radius 3 is 0.500 bits per heavy atom. The zero-order valence-electron chi connectivity index (χ0n) is 2.42. The summed E-state index contributed by atoms with van der Waals surface area (Å²) < 4.78 is 0. The number of rotatable bonds is 0. The Labute approximate surface area is 92.2 Å². The van der Waals surface area contributed by atoms with Crippen molar-refractivity contribution in [3.8, 4) is 0 Å². The van der Waals surface area contributed by atoms with Gasteiger partial charge in [-0.2, -0.15) is 0 Å². The van der Waals surface area contributed by atoms with Crippen LogP contribution < -0.4 is 0 Å². The van der Waals surface area contributed by atoms with Crippen molar-refractivity contribution in [2.75, 3.05) is 0 Å². The Bertz CT molecular complexity index is 3.25. The predicted molar refractivity (Wildman–Crippen MR) is 25.6 cm³/mol. The zero-order chi connectivity index (χ0) is 0. The van der Waals surface area contributed by atoms with Crippen molar-refractivity contribution in [2.45, 2.75) is 0 Å². The van der Waals surface area contributed by atoms with E-state index in [0.717, 1.165) is 0 Å². The van der Waals surface area contributed by atoms with Crippen molar-refractivity contribution >= 4 is 71.7 Å². The molecule has 0 rings (SSSR count). The first kappa shape index (κ1) is 27.3. The SMILES string of the molecule is [Ag].[SnH2].[SnH2].[SnH2]. The second-order valence-corrected chi connectivity index (χ2v) is 0. The molecule has 0 heterocycles. The summed E-state index contributed by atoms with van der Waals surface area (Å²) >= 11 is 0. The summed E-state index contributed by atoms with van der Waals surface area (Å²) in [5, 5.41) is 0. The Balaban J connectivity index is 0. The molecule has 0 amide bonds. The summed E-state index contributed by atoms with van der Waals surface area (Å²) in [5.74, 6) is 0. The van der Waals surface area contributed by atoms with Crippen LogP contribution in [0.15, 0.2) is 0 Å². The van der Waals surface area contributed by atoms with Crippen molar-refractivity contribution in [2.24, 2.45) is 0 Å². The minimum absolute atomic E-state index is 0. The average Bonchev–Trinajstić information content (AvgIpc) is 0. The molecule has 7 radical (unpaired) electrons. The van der Waals surface area contributed by atoms with E-state index >= 15 is 0 Å². The van der Waals surface area contributed by atoms with Gasteiger partial charge in [0.05, 0.1) is 0 Å². The maximum atomic E-state index is 0. The fourth-order valence-corrected chi connectivity index (χ4v) is 0. The summed E-state index contributed by atoms with van der Waals surface area (Å²) in [6.45, 7) is 0. The Morgan fingerprint density at radius 1 is 0.500 bits per heavy atom. The van der Waals surface area contributed by atoms with Gasteiger partial charge < -0.3 is 0 Å². The van der Waals surface area contributed by atoms with Crippen molar-refractivity contribution in [1.82, 2.24) is 0 Å². The van der Waals surface area contributed by atoms with Crippen LogP contribution in [0.25, 0.3) is 0 Å². The molecule has 0 spiro atoms. The van der Waals surface area contributed by atoms with Gasteiger partial charge in [0, 0.05) is 22.4 Å². The molecule has 0 aliphatic rings. The average molecular weight is 470 g/mol. The molecule has 0 saturated heterocycles. The standard InChI is InChI=1S/Ag.3Sn.6H. The molecule has 4 heteroatoms. The molecule has 0 aliphatic carbocycles. The van der Waals surface area contributed by atoms with E-state index in [2.05, 4.69) is 0 Å². The van der Waals surface area contributed by atoms with Crippen LogP contribution >= 0.6 is 0 Å². The van der Waals surface area contributed by atoms with Gasteiger partial charge in [0.1, 0.15) is 0 Å². The summed E-state index contributed by atoms with van der Waals surface area (Å²) in [6, 6.07) is 0. The first-order chi connectivity index (χ1) is 0. The summed E-state index contributed by atoms with van der Waals surface area (Å²) in [7, 11) is 0. The van der Waals surface area contributed by atoms with Crippen LogP contribution in [0, 0.1) is 0 Å².